The van der Waals surface area contributed by atoms with Gasteiger partial charge >= 0.3 is 5.69 Å². The molecule has 0 radical (unpaired) electrons. The first-order valence-corrected chi connectivity index (χ1v) is 7.94. The van der Waals surface area contributed by atoms with Gasteiger partial charge in [0, 0.05) is 19.3 Å². The first-order chi connectivity index (χ1) is 10.5. The molecule has 0 aliphatic heterocycles. The van der Waals surface area contributed by atoms with Crippen LogP contribution in [0.25, 0.3) is 22.7 Å². The van der Waals surface area contributed by atoms with Crippen LogP contribution in [0, 0.1) is 6.92 Å². The summed E-state index contributed by atoms with van der Waals surface area (Å²) in [7, 11) is 1.88. The number of nitrogens with zero attached hydrogens (tertiary/aromatic N) is 5. The minimum absolute atomic E-state index is 0.327. The molecule has 3 rings (SSSR count). The molecule has 22 heavy (non-hydrogen) atoms. The highest BCUT2D eigenvalue weighted by Gasteiger charge is 2.16. The fraction of sp³-hybridized carbons (Fsp3) is 0.286. The number of hydrogen-bond donors (Lipinski definition) is 1. The number of hydrogen-bond acceptors (Lipinski definition) is 5. The Bertz CT molecular complexity index is 900. The van der Waals surface area contributed by atoms with Crippen LogP contribution in [0.1, 0.15) is 5.69 Å². The van der Waals surface area contributed by atoms with Gasteiger partial charge in [0.1, 0.15) is 16.2 Å². The zero-order valence-electron chi connectivity index (χ0n) is 12.6. The van der Waals surface area contributed by atoms with Crippen molar-refractivity contribution < 1.29 is 0 Å². The minimum atomic E-state index is -0.327. The lowest BCUT2D eigenvalue weighted by Gasteiger charge is -2.04. The molecule has 0 aromatic carbocycles. The number of allylic oxidation sites excluding steroid dienone is 1. The molecule has 0 aliphatic rings. The molecule has 1 N–H and O–H groups in total. The molecule has 3 aromatic rings. The lowest BCUT2D eigenvalue weighted by Crippen LogP contribution is -2.23. The van der Waals surface area contributed by atoms with Crippen molar-refractivity contribution in [2.45, 2.75) is 18.5 Å². The lowest BCUT2D eigenvalue weighted by atomic mass is 10.3. The van der Waals surface area contributed by atoms with Crippen LogP contribution in [0.3, 0.4) is 0 Å². The molecule has 8 heteroatoms. The van der Waals surface area contributed by atoms with Crippen LogP contribution >= 0.6 is 11.8 Å². The molecular formula is C14H16N6OS. The van der Waals surface area contributed by atoms with Crippen LogP contribution in [-0.4, -0.2) is 35.6 Å². The summed E-state index contributed by atoms with van der Waals surface area (Å²) >= 11 is 1.41. The number of imidazole rings is 1. The SMILES string of the molecule is C=CCn1c(=O)nc(SC)c2[nH]c(-c3cc(C)n(C)n3)nc21. The molecule has 0 spiro atoms. The number of rotatable bonds is 4. The van der Waals surface area contributed by atoms with E-state index in [1.165, 1.54) is 16.3 Å². The number of aryl methyl sites for hydroxylation is 2. The normalized spacial score (nSPS) is 11.2. The van der Waals surface area contributed by atoms with Gasteiger partial charge in [0.25, 0.3) is 0 Å². The van der Waals surface area contributed by atoms with Gasteiger partial charge in [-0.05, 0) is 19.2 Å². The third-order valence-electron chi connectivity index (χ3n) is 3.44. The molecule has 0 atom stereocenters. The summed E-state index contributed by atoms with van der Waals surface area (Å²) in [5.74, 6) is 0.624. The van der Waals surface area contributed by atoms with Gasteiger partial charge in [-0.3, -0.25) is 9.25 Å². The van der Waals surface area contributed by atoms with Crippen LogP contribution in [0.5, 0.6) is 0 Å². The number of fused-ring (bicyclic) bond motifs is 1. The summed E-state index contributed by atoms with van der Waals surface area (Å²) in [5, 5.41) is 5.05. The molecular weight excluding hydrogens is 300 g/mol. The first kappa shape index (κ1) is 14.6. The van der Waals surface area contributed by atoms with Crippen molar-refractivity contribution in [3.63, 3.8) is 0 Å². The third-order valence-corrected chi connectivity index (χ3v) is 4.13. The van der Waals surface area contributed by atoms with E-state index in [1.54, 1.807) is 10.8 Å². The van der Waals surface area contributed by atoms with E-state index in [0.717, 1.165) is 16.9 Å². The Morgan fingerprint density at radius 1 is 1.45 bits per heavy atom. The van der Waals surface area contributed by atoms with Crippen LogP contribution in [0.15, 0.2) is 28.5 Å². The third kappa shape index (κ3) is 2.25. The van der Waals surface area contributed by atoms with Gasteiger partial charge < -0.3 is 4.98 Å². The van der Waals surface area contributed by atoms with Gasteiger partial charge in [0.15, 0.2) is 11.5 Å². The molecule has 0 saturated heterocycles. The largest absolute Gasteiger partial charge is 0.350 e. The van der Waals surface area contributed by atoms with Crippen molar-refractivity contribution in [3.05, 3.63) is 34.9 Å². The van der Waals surface area contributed by atoms with Gasteiger partial charge in [-0.25, -0.2) is 9.78 Å². The van der Waals surface area contributed by atoms with Crippen molar-refractivity contribution in [1.82, 2.24) is 29.3 Å². The van der Waals surface area contributed by atoms with Crippen LogP contribution in [0.4, 0.5) is 0 Å². The predicted octanol–water partition coefficient (Wildman–Crippen LogP) is 1.74. The summed E-state index contributed by atoms with van der Waals surface area (Å²) in [5.41, 5.74) is 2.75. The highest BCUT2D eigenvalue weighted by Crippen LogP contribution is 2.24. The molecule has 114 valence electrons. The Hall–Kier alpha value is -2.35. The van der Waals surface area contributed by atoms with Crippen LogP contribution in [-0.2, 0) is 13.6 Å². The Labute approximate surface area is 131 Å². The van der Waals surface area contributed by atoms with Crippen molar-refractivity contribution >= 4 is 22.9 Å². The quantitative estimate of drug-likeness (QED) is 0.450. The van der Waals surface area contributed by atoms with Gasteiger partial charge in [-0.15, -0.1) is 18.3 Å². The number of aromatic amines is 1. The smallest absolute Gasteiger partial charge is 0.333 e. The van der Waals surface area contributed by atoms with E-state index in [9.17, 15) is 4.79 Å². The summed E-state index contributed by atoms with van der Waals surface area (Å²) in [6.45, 7) is 6.02. The van der Waals surface area contributed by atoms with E-state index >= 15 is 0 Å². The van der Waals surface area contributed by atoms with Gasteiger partial charge in [-0.1, -0.05) is 6.08 Å². The van der Waals surface area contributed by atoms with E-state index in [1.807, 2.05) is 26.3 Å². The zero-order valence-corrected chi connectivity index (χ0v) is 13.4. The Morgan fingerprint density at radius 2 is 2.23 bits per heavy atom. The molecule has 0 aliphatic carbocycles. The summed E-state index contributed by atoms with van der Waals surface area (Å²) in [6, 6.07) is 1.94. The maximum atomic E-state index is 12.1. The van der Waals surface area contributed by atoms with E-state index in [4.69, 9.17) is 0 Å². The van der Waals surface area contributed by atoms with Crippen molar-refractivity contribution in [2.75, 3.05) is 6.26 Å². The Morgan fingerprint density at radius 3 is 2.82 bits per heavy atom. The maximum absolute atomic E-state index is 12.1. The fourth-order valence-corrected chi connectivity index (χ4v) is 2.76. The number of H-pyrrole nitrogens is 1. The molecule has 0 unspecified atom stereocenters. The molecule has 3 heterocycles. The second kappa shape index (κ2) is 5.45. The van der Waals surface area contributed by atoms with E-state index in [0.29, 0.717) is 23.0 Å². The molecule has 0 bridgehead atoms. The number of thioether (sulfide) groups is 1. The standard InChI is InChI=1S/C14H16N6OS/c1-5-6-20-12-10(13(22-4)17-14(20)21)15-11(16-12)9-7-8(2)19(3)18-9/h5,7H,1,6H2,2-4H3,(H,15,16). The Balaban J connectivity index is 2.29. The van der Waals surface area contributed by atoms with Crippen molar-refractivity contribution in [3.8, 4) is 11.5 Å². The molecule has 0 fully saturated rings. The second-order valence-corrected chi connectivity index (χ2v) is 5.68. The van der Waals surface area contributed by atoms with Gasteiger partial charge in [0.05, 0.1) is 0 Å². The average molecular weight is 316 g/mol. The zero-order chi connectivity index (χ0) is 15.9. The highest BCUT2D eigenvalue weighted by molar-refractivity contribution is 7.98. The maximum Gasteiger partial charge on any atom is 0.350 e. The Kier molecular flexibility index (Phi) is 3.61. The van der Waals surface area contributed by atoms with Gasteiger partial charge in [0.2, 0.25) is 0 Å². The summed E-state index contributed by atoms with van der Waals surface area (Å²) in [4.78, 5) is 24.0. The molecule has 3 aromatic heterocycles. The fourth-order valence-electron chi connectivity index (χ4n) is 2.24. The topological polar surface area (TPSA) is 81.4 Å². The minimum Gasteiger partial charge on any atom is -0.333 e. The predicted molar refractivity (Wildman–Crippen MR) is 87.1 cm³/mol. The van der Waals surface area contributed by atoms with Crippen molar-refractivity contribution in [1.29, 1.82) is 0 Å². The summed E-state index contributed by atoms with van der Waals surface area (Å²) in [6.07, 6.45) is 3.53. The highest BCUT2D eigenvalue weighted by atomic mass is 32.2. The molecule has 0 saturated carbocycles. The van der Waals surface area contributed by atoms with Crippen LogP contribution in [0.2, 0.25) is 0 Å². The van der Waals surface area contributed by atoms with E-state index in [2.05, 4.69) is 26.6 Å². The van der Waals surface area contributed by atoms with Gasteiger partial charge in [-0.2, -0.15) is 10.1 Å². The van der Waals surface area contributed by atoms with Crippen molar-refractivity contribution in [2.24, 2.45) is 7.05 Å². The number of nitrogens with one attached hydrogen (secondary N) is 1. The molecule has 0 amide bonds. The molecule has 7 nitrogen and oxygen atoms in total. The second-order valence-electron chi connectivity index (χ2n) is 4.88. The number of aromatic nitrogens is 6. The lowest BCUT2D eigenvalue weighted by molar-refractivity contribution is 0.741. The van der Waals surface area contributed by atoms with E-state index < -0.39 is 0 Å². The summed E-state index contributed by atoms with van der Waals surface area (Å²) < 4.78 is 3.28. The van der Waals surface area contributed by atoms with Crippen LogP contribution < -0.4 is 5.69 Å². The monoisotopic (exact) mass is 316 g/mol. The van der Waals surface area contributed by atoms with E-state index in [-0.39, 0.29) is 5.69 Å². The average Bonchev–Trinajstić information content (AvgIpc) is 3.06. The first-order valence-electron chi connectivity index (χ1n) is 6.71.